The van der Waals surface area contributed by atoms with E-state index in [1.807, 2.05) is 26.0 Å². The molecule has 0 aliphatic carbocycles. The van der Waals surface area contributed by atoms with Gasteiger partial charge in [-0.1, -0.05) is 25.0 Å². The number of nitrogens with one attached hydrogen (secondary N) is 1. The molecule has 5 nitrogen and oxygen atoms in total. The summed E-state index contributed by atoms with van der Waals surface area (Å²) in [6.45, 7) is 6.49. The summed E-state index contributed by atoms with van der Waals surface area (Å²) in [6.07, 6.45) is 7.85. The van der Waals surface area contributed by atoms with Gasteiger partial charge >= 0.3 is 0 Å². The fraction of sp³-hybridized carbons (Fsp3) is 0.321. The van der Waals surface area contributed by atoms with E-state index in [2.05, 4.69) is 21.1 Å². The van der Waals surface area contributed by atoms with Crippen LogP contribution in [0, 0.1) is 30.9 Å². The van der Waals surface area contributed by atoms with E-state index in [0.717, 1.165) is 48.5 Å². The van der Waals surface area contributed by atoms with Gasteiger partial charge in [0.1, 0.15) is 28.7 Å². The van der Waals surface area contributed by atoms with E-state index >= 15 is 4.39 Å². The zero-order valence-electron chi connectivity index (χ0n) is 19.8. The number of halogens is 2. The predicted octanol–water partition coefficient (Wildman–Crippen LogP) is 4.70. The number of hydrogen-bond donors (Lipinski definition) is 1. The minimum Gasteiger partial charge on any atom is -0.350 e. The lowest BCUT2D eigenvalue weighted by Crippen LogP contribution is -2.57. The molecule has 1 fully saturated rings. The smallest absolute Gasteiger partial charge is 0.175 e. The Morgan fingerprint density at radius 1 is 1.14 bits per heavy atom. The first-order valence-corrected chi connectivity index (χ1v) is 12.1. The average molecular weight is 470 g/mol. The molecule has 2 aliphatic rings. The molecule has 0 saturated carbocycles. The van der Waals surface area contributed by atoms with Crippen LogP contribution in [-0.4, -0.2) is 40.6 Å². The summed E-state index contributed by atoms with van der Waals surface area (Å²) in [6, 6.07) is 7.12. The second-order valence-corrected chi connectivity index (χ2v) is 9.35. The van der Waals surface area contributed by atoms with Gasteiger partial charge in [-0.2, -0.15) is 0 Å². The molecule has 2 aliphatic heterocycles. The summed E-state index contributed by atoms with van der Waals surface area (Å²) < 4.78 is 31.1. The molecular formula is C28H25F2N5. The molecule has 2 aromatic carbocycles. The third kappa shape index (κ3) is 3.35. The summed E-state index contributed by atoms with van der Waals surface area (Å²) in [5.41, 5.74) is 2.73. The molecular weight excluding hydrogens is 444 g/mol. The lowest BCUT2D eigenvalue weighted by atomic mass is 9.94. The highest BCUT2D eigenvalue weighted by molar-refractivity contribution is 6.03. The molecule has 0 radical (unpaired) electrons. The molecule has 0 atom stereocenters. The maximum Gasteiger partial charge on any atom is 0.175 e. The van der Waals surface area contributed by atoms with Gasteiger partial charge in [-0.3, -0.25) is 0 Å². The number of fused-ring (bicyclic) bond motifs is 1. The van der Waals surface area contributed by atoms with E-state index in [-0.39, 0.29) is 16.8 Å². The van der Waals surface area contributed by atoms with Gasteiger partial charge in [-0.25, -0.2) is 23.7 Å². The second kappa shape index (κ2) is 8.24. The van der Waals surface area contributed by atoms with Crippen molar-refractivity contribution in [1.82, 2.24) is 20.3 Å². The summed E-state index contributed by atoms with van der Waals surface area (Å²) >= 11 is 0. The first-order chi connectivity index (χ1) is 17.0. The molecule has 176 valence electrons. The Morgan fingerprint density at radius 3 is 2.69 bits per heavy atom. The monoisotopic (exact) mass is 469 g/mol. The molecule has 35 heavy (non-hydrogen) atoms. The van der Waals surface area contributed by atoms with Crippen molar-refractivity contribution in [2.24, 2.45) is 0 Å². The molecule has 0 spiro atoms. The summed E-state index contributed by atoms with van der Waals surface area (Å²) in [5.74, 6) is 2.81. The number of aryl methyl sites for hydroxylation is 3. The van der Waals surface area contributed by atoms with E-state index in [9.17, 15) is 4.39 Å². The number of anilines is 1. The molecule has 0 unspecified atom stereocenters. The minimum atomic E-state index is -0.519. The number of rotatable bonds is 3. The lowest BCUT2D eigenvalue weighted by Gasteiger charge is -2.39. The van der Waals surface area contributed by atoms with Crippen LogP contribution in [0.2, 0.25) is 0 Å². The standard InChI is InChI=1S/C28H25F2N5/c1-4-18-20(29)9-8-16-11-15(3)12-19(23(16)18)26-25(30)27-24-21(32-26)7-6-10-35(17-13-31-14-17)28(24)34-22(5-2)33-27/h1,8-9,11-12,17,31H,5-7,10,13-14H2,2-3H3. The van der Waals surface area contributed by atoms with Gasteiger partial charge in [0.15, 0.2) is 5.82 Å². The SMILES string of the molecule is C#Cc1c(F)ccc2cc(C)cc(-c3nc4c5c(nc(CC)nc5c3F)N(C3CNC3)CCC4)c12. The lowest BCUT2D eigenvalue weighted by molar-refractivity contribution is 0.410. The third-order valence-corrected chi connectivity index (χ3v) is 7.10. The molecule has 4 heterocycles. The van der Waals surface area contributed by atoms with Crippen LogP contribution in [-0.2, 0) is 12.8 Å². The number of benzene rings is 2. The highest BCUT2D eigenvalue weighted by Crippen LogP contribution is 2.39. The number of nitrogens with zero attached hydrogens (tertiary/aromatic N) is 4. The fourth-order valence-corrected chi connectivity index (χ4v) is 5.29. The molecule has 1 N–H and O–H groups in total. The maximum atomic E-state index is 16.4. The molecule has 2 aromatic heterocycles. The normalized spacial score (nSPS) is 15.8. The van der Waals surface area contributed by atoms with E-state index in [1.54, 1.807) is 6.07 Å². The van der Waals surface area contributed by atoms with Gasteiger partial charge < -0.3 is 10.2 Å². The van der Waals surface area contributed by atoms with Crippen molar-refractivity contribution in [3.8, 4) is 23.6 Å². The van der Waals surface area contributed by atoms with Gasteiger partial charge in [0, 0.05) is 37.0 Å². The number of aromatic nitrogens is 3. The molecule has 6 rings (SSSR count). The highest BCUT2D eigenvalue weighted by atomic mass is 19.1. The zero-order valence-corrected chi connectivity index (χ0v) is 19.8. The zero-order chi connectivity index (χ0) is 24.3. The molecule has 7 heteroatoms. The van der Waals surface area contributed by atoms with E-state index < -0.39 is 11.6 Å². The summed E-state index contributed by atoms with van der Waals surface area (Å²) in [7, 11) is 0. The molecule has 4 aromatic rings. The molecule has 1 saturated heterocycles. The fourth-order valence-electron chi connectivity index (χ4n) is 5.29. The van der Waals surface area contributed by atoms with Gasteiger partial charge in [-0.05, 0) is 42.8 Å². The van der Waals surface area contributed by atoms with Crippen molar-refractivity contribution in [2.45, 2.75) is 39.2 Å². The summed E-state index contributed by atoms with van der Waals surface area (Å²) in [4.78, 5) is 16.6. The topological polar surface area (TPSA) is 53.9 Å². The number of pyridine rings is 1. The van der Waals surface area contributed by atoms with Crippen LogP contribution >= 0.6 is 0 Å². The van der Waals surface area contributed by atoms with Crippen molar-refractivity contribution in [1.29, 1.82) is 0 Å². The summed E-state index contributed by atoms with van der Waals surface area (Å²) in [5, 5.41) is 5.26. The average Bonchev–Trinajstić information content (AvgIpc) is 2.99. The first kappa shape index (κ1) is 21.9. The molecule has 0 amide bonds. The van der Waals surface area contributed by atoms with Crippen LogP contribution in [0.5, 0.6) is 0 Å². The first-order valence-electron chi connectivity index (χ1n) is 12.1. The number of hydrogen-bond acceptors (Lipinski definition) is 5. The second-order valence-electron chi connectivity index (χ2n) is 9.35. The number of terminal acetylenes is 1. The Morgan fingerprint density at radius 2 is 1.97 bits per heavy atom. The Labute approximate surface area is 202 Å². The van der Waals surface area contributed by atoms with Crippen LogP contribution in [0.3, 0.4) is 0 Å². The van der Waals surface area contributed by atoms with Gasteiger partial charge in [0.25, 0.3) is 0 Å². The van der Waals surface area contributed by atoms with Crippen LogP contribution in [0.1, 0.15) is 36.0 Å². The van der Waals surface area contributed by atoms with Gasteiger partial charge in [0.05, 0.1) is 22.7 Å². The van der Waals surface area contributed by atoms with Crippen molar-refractivity contribution in [3.05, 3.63) is 58.5 Å². The predicted molar refractivity (Wildman–Crippen MR) is 135 cm³/mol. The quantitative estimate of drug-likeness (QED) is 0.441. The van der Waals surface area contributed by atoms with Gasteiger partial charge in [0.2, 0.25) is 0 Å². The van der Waals surface area contributed by atoms with Crippen LogP contribution in [0.4, 0.5) is 14.6 Å². The Balaban J connectivity index is 1.70. The van der Waals surface area contributed by atoms with Crippen molar-refractivity contribution < 1.29 is 8.78 Å². The Bertz CT molecular complexity index is 1550. The largest absolute Gasteiger partial charge is 0.350 e. The van der Waals surface area contributed by atoms with Crippen LogP contribution < -0.4 is 10.2 Å². The van der Waals surface area contributed by atoms with Crippen LogP contribution in [0.15, 0.2) is 24.3 Å². The third-order valence-electron chi connectivity index (χ3n) is 7.10. The minimum absolute atomic E-state index is 0.117. The Kier molecular flexibility index (Phi) is 5.15. The van der Waals surface area contributed by atoms with E-state index in [4.69, 9.17) is 16.4 Å². The van der Waals surface area contributed by atoms with E-state index in [1.165, 1.54) is 6.07 Å². The van der Waals surface area contributed by atoms with Crippen molar-refractivity contribution in [2.75, 3.05) is 24.5 Å². The Hall–Kier alpha value is -3.63. The van der Waals surface area contributed by atoms with E-state index in [0.29, 0.717) is 41.0 Å². The van der Waals surface area contributed by atoms with Crippen molar-refractivity contribution in [3.63, 3.8) is 0 Å². The highest BCUT2D eigenvalue weighted by Gasteiger charge is 2.32. The van der Waals surface area contributed by atoms with Crippen molar-refractivity contribution >= 4 is 27.5 Å². The van der Waals surface area contributed by atoms with Crippen LogP contribution in [0.25, 0.3) is 32.9 Å². The maximum absolute atomic E-state index is 16.4. The molecule has 0 bridgehead atoms. The van der Waals surface area contributed by atoms with Gasteiger partial charge in [-0.15, -0.1) is 6.42 Å².